The molecule has 27 heavy (non-hydrogen) atoms. The Labute approximate surface area is 155 Å². The number of pyridine rings is 1. The number of hydrogen-bond donors (Lipinski definition) is 0. The zero-order chi connectivity index (χ0) is 18.2. The first-order chi connectivity index (χ1) is 13.3. The Morgan fingerprint density at radius 1 is 1.15 bits per heavy atom. The molecule has 1 aliphatic rings. The average molecular weight is 361 g/mol. The summed E-state index contributed by atoms with van der Waals surface area (Å²) in [6.07, 6.45) is 7.31. The highest BCUT2D eigenvalue weighted by Crippen LogP contribution is 2.26. The van der Waals surface area contributed by atoms with Crippen LogP contribution >= 0.6 is 0 Å². The molecule has 0 unspecified atom stereocenters. The molecule has 1 aliphatic heterocycles. The van der Waals surface area contributed by atoms with E-state index in [-0.39, 0.29) is 5.56 Å². The first kappa shape index (κ1) is 16.0. The molecule has 3 aromatic heterocycles. The molecular weight excluding hydrogens is 342 g/mol. The molecule has 136 valence electrons. The standard InChI is InChI=1S/C20H19N5O2/c26-20-19-15(5-3-6-17(19)25-10-4-12-27-25)13-21-24(20)11-8-16-14-23-9-2-1-7-18(23)22-16/h1-3,5-7,9,13-14H,4,8,10-12H2. The highest BCUT2D eigenvalue weighted by molar-refractivity contribution is 5.92. The molecule has 0 spiro atoms. The summed E-state index contributed by atoms with van der Waals surface area (Å²) in [6.45, 7) is 1.96. The zero-order valence-corrected chi connectivity index (χ0v) is 14.8. The Bertz CT molecular complexity index is 1140. The van der Waals surface area contributed by atoms with Gasteiger partial charge < -0.3 is 4.40 Å². The number of rotatable bonds is 4. The summed E-state index contributed by atoms with van der Waals surface area (Å²) < 4.78 is 3.50. The molecule has 4 aromatic rings. The van der Waals surface area contributed by atoms with Crippen LogP contribution in [0.25, 0.3) is 16.4 Å². The maximum Gasteiger partial charge on any atom is 0.276 e. The monoisotopic (exact) mass is 361 g/mol. The number of anilines is 1. The number of fused-ring (bicyclic) bond motifs is 2. The van der Waals surface area contributed by atoms with Crippen LogP contribution in [0.3, 0.4) is 0 Å². The predicted molar refractivity (Wildman–Crippen MR) is 103 cm³/mol. The van der Waals surface area contributed by atoms with Crippen LogP contribution in [-0.2, 0) is 17.8 Å². The fraction of sp³-hybridized carbons (Fsp3) is 0.250. The molecule has 0 radical (unpaired) electrons. The van der Waals surface area contributed by atoms with E-state index in [1.165, 1.54) is 4.68 Å². The zero-order valence-electron chi connectivity index (χ0n) is 14.8. The molecule has 5 rings (SSSR count). The van der Waals surface area contributed by atoms with Crippen molar-refractivity contribution < 1.29 is 4.84 Å². The van der Waals surface area contributed by atoms with E-state index in [9.17, 15) is 4.79 Å². The summed E-state index contributed by atoms with van der Waals surface area (Å²) >= 11 is 0. The number of hydroxylamine groups is 1. The first-order valence-electron chi connectivity index (χ1n) is 9.11. The Hall–Kier alpha value is -3.19. The van der Waals surface area contributed by atoms with Gasteiger partial charge in [-0.3, -0.25) is 14.7 Å². The van der Waals surface area contributed by atoms with Gasteiger partial charge in [0, 0.05) is 30.7 Å². The van der Waals surface area contributed by atoms with Gasteiger partial charge in [0.2, 0.25) is 0 Å². The third kappa shape index (κ3) is 2.86. The summed E-state index contributed by atoms with van der Waals surface area (Å²) in [5.41, 5.74) is 2.56. The normalized spacial score (nSPS) is 14.4. The summed E-state index contributed by atoms with van der Waals surface area (Å²) in [6, 6.07) is 11.7. The molecule has 1 fully saturated rings. The molecule has 1 saturated heterocycles. The van der Waals surface area contributed by atoms with E-state index < -0.39 is 0 Å². The van der Waals surface area contributed by atoms with Crippen molar-refractivity contribution >= 4 is 22.1 Å². The Morgan fingerprint density at radius 3 is 2.96 bits per heavy atom. The predicted octanol–water partition coefficient (Wildman–Crippen LogP) is 2.43. The second kappa shape index (κ2) is 6.51. The van der Waals surface area contributed by atoms with Gasteiger partial charge in [-0.1, -0.05) is 18.2 Å². The van der Waals surface area contributed by atoms with Crippen molar-refractivity contribution in [1.29, 1.82) is 0 Å². The maximum atomic E-state index is 13.1. The van der Waals surface area contributed by atoms with Crippen LogP contribution in [0.2, 0.25) is 0 Å². The minimum absolute atomic E-state index is 0.0950. The van der Waals surface area contributed by atoms with E-state index in [4.69, 9.17) is 4.84 Å². The van der Waals surface area contributed by atoms with Crippen molar-refractivity contribution in [2.24, 2.45) is 0 Å². The van der Waals surface area contributed by atoms with Crippen LogP contribution in [-0.4, -0.2) is 32.3 Å². The Balaban J connectivity index is 1.48. The van der Waals surface area contributed by atoms with Crippen LogP contribution < -0.4 is 10.6 Å². The quantitative estimate of drug-likeness (QED) is 0.559. The van der Waals surface area contributed by atoms with E-state index in [0.29, 0.717) is 25.0 Å². The van der Waals surface area contributed by atoms with Crippen molar-refractivity contribution in [2.75, 3.05) is 18.2 Å². The van der Waals surface area contributed by atoms with E-state index in [1.54, 1.807) is 6.20 Å². The van der Waals surface area contributed by atoms with Gasteiger partial charge in [0.05, 0.1) is 36.1 Å². The van der Waals surface area contributed by atoms with Crippen molar-refractivity contribution in [3.8, 4) is 0 Å². The van der Waals surface area contributed by atoms with Gasteiger partial charge in [-0.05, 0) is 24.6 Å². The number of imidazole rings is 1. The van der Waals surface area contributed by atoms with Crippen molar-refractivity contribution in [3.63, 3.8) is 0 Å². The molecule has 0 amide bonds. The molecule has 4 heterocycles. The Morgan fingerprint density at radius 2 is 2.11 bits per heavy atom. The minimum atomic E-state index is -0.0950. The van der Waals surface area contributed by atoms with Crippen LogP contribution in [0.4, 0.5) is 5.69 Å². The third-order valence-corrected chi connectivity index (χ3v) is 4.87. The summed E-state index contributed by atoms with van der Waals surface area (Å²) in [5.74, 6) is 0. The fourth-order valence-corrected chi connectivity index (χ4v) is 3.54. The second-order valence-electron chi connectivity index (χ2n) is 6.65. The van der Waals surface area contributed by atoms with Crippen LogP contribution in [0.1, 0.15) is 12.1 Å². The van der Waals surface area contributed by atoms with Crippen LogP contribution in [0.5, 0.6) is 0 Å². The number of hydrogen-bond acceptors (Lipinski definition) is 5. The van der Waals surface area contributed by atoms with Gasteiger partial charge in [0.25, 0.3) is 5.56 Å². The second-order valence-corrected chi connectivity index (χ2v) is 6.65. The number of benzene rings is 1. The van der Waals surface area contributed by atoms with Crippen molar-refractivity contribution in [1.82, 2.24) is 19.2 Å². The SMILES string of the molecule is O=c1c2c(N3CCCO3)cccc2cnn1CCc1cn2ccccc2n1. The molecule has 7 nitrogen and oxygen atoms in total. The fourth-order valence-electron chi connectivity index (χ4n) is 3.54. The first-order valence-corrected chi connectivity index (χ1v) is 9.11. The third-order valence-electron chi connectivity index (χ3n) is 4.87. The highest BCUT2D eigenvalue weighted by Gasteiger charge is 2.18. The lowest BCUT2D eigenvalue weighted by molar-refractivity contribution is 0.169. The van der Waals surface area contributed by atoms with Gasteiger partial charge in [-0.25, -0.2) is 9.67 Å². The summed E-state index contributed by atoms with van der Waals surface area (Å²) in [5, 5.41) is 7.66. The maximum absolute atomic E-state index is 13.1. The molecule has 0 atom stereocenters. The molecule has 7 heteroatoms. The molecule has 0 aliphatic carbocycles. The summed E-state index contributed by atoms with van der Waals surface area (Å²) in [4.78, 5) is 23.3. The number of aryl methyl sites for hydroxylation is 2. The topological polar surface area (TPSA) is 64.7 Å². The number of aromatic nitrogens is 4. The van der Waals surface area contributed by atoms with Crippen LogP contribution in [0.15, 0.2) is 59.8 Å². The molecule has 0 saturated carbocycles. The van der Waals surface area contributed by atoms with E-state index in [1.807, 2.05) is 58.3 Å². The van der Waals surface area contributed by atoms with Gasteiger partial charge in [-0.2, -0.15) is 5.10 Å². The molecule has 0 bridgehead atoms. The van der Waals surface area contributed by atoms with E-state index in [2.05, 4.69) is 10.1 Å². The smallest absolute Gasteiger partial charge is 0.276 e. The van der Waals surface area contributed by atoms with Crippen LogP contribution in [0, 0.1) is 0 Å². The van der Waals surface area contributed by atoms with Crippen molar-refractivity contribution in [2.45, 2.75) is 19.4 Å². The van der Waals surface area contributed by atoms with Gasteiger partial charge in [0.1, 0.15) is 5.65 Å². The van der Waals surface area contributed by atoms with Crippen molar-refractivity contribution in [3.05, 3.63) is 71.0 Å². The lowest BCUT2D eigenvalue weighted by atomic mass is 10.1. The van der Waals surface area contributed by atoms with E-state index >= 15 is 0 Å². The lowest BCUT2D eigenvalue weighted by Crippen LogP contribution is -2.26. The molecular formula is C20H19N5O2. The Kier molecular flexibility index (Phi) is 3.86. The molecule has 1 aromatic carbocycles. The van der Waals surface area contributed by atoms with Gasteiger partial charge in [0.15, 0.2) is 0 Å². The lowest BCUT2D eigenvalue weighted by Gasteiger charge is -2.18. The van der Waals surface area contributed by atoms with Gasteiger partial charge in [-0.15, -0.1) is 0 Å². The van der Waals surface area contributed by atoms with E-state index in [0.717, 1.165) is 35.4 Å². The average Bonchev–Trinajstić information content (AvgIpc) is 3.36. The van der Waals surface area contributed by atoms with Gasteiger partial charge >= 0.3 is 0 Å². The highest BCUT2D eigenvalue weighted by atomic mass is 16.7. The summed E-state index contributed by atoms with van der Waals surface area (Å²) in [7, 11) is 0. The molecule has 0 N–H and O–H groups in total. The minimum Gasteiger partial charge on any atom is -0.307 e. The largest absolute Gasteiger partial charge is 0.307 e. The number of nitrogens with zero attached hydrogens (tertiary/aromatic N) is 5.